The van der Waals surface area contributed by atoms with Crippen molar-refractivity contribution in [3.63, 3.8) is 0 Å². The minimum atomic E-state index is -3.25. The van der Waals surface area contributed by atoms with Crippen LogP contribution < -0.4 is 20.3 Å². The lowest BCUT2D eigenvalue weighted by molar-refractivity contribution is -0.125. The fourth-order valence-electron chi connectivity index (χ4n) is 3.74. The molecule has 0 bridgehead atoms. The molecule has 3 rings (SSSR count). The molecule has 15 heteroatoms. The molecule has 0 radical (unpaired) electrons. The molecule has 9 nitrogen and oxygen atoms in total. The van der Waals surface area contributed by atoms with Crippen molar-refractivity contribution in [1.29, 1.82) is 0 Å². The molecule has 1 aromatic carbocycles. The Morgan fingerprint density at radius 1 is 1.24 bits per heavy atom. The van der Waals surface area contributed by atoms with Gasteiger partial charge in [0.2, 0.25) is 5.91 Å². The summed E-state index contributed by atoms with van der Waals surface area (Å²) in [6.07, 6.45) is -2.78. The fourth-order valence-corrected chi connectivity index (χ4v) is 4.70. The van der Waals surface area contributed by atoms with Crippen LogP contribution in [0.1, 0.15) is 16.6 Å². The number of nitrogens with one attached hydrogen (secondary N) is 2. The zero-order chi connectivity index (χ0) is 27.8. The number of benzene rings is 1. The average molecular weight is 581 g/mol. The molecule has 1 atom stereocenters. The van der Waals surface area contributed by atoms with Crippen molar-refractivity contribution < 1.29 is 41.4 Å². The first kappa shape index (κ1) is 29.6. The van der Waals surface area contributed by atoms with Gasteiger partial charge in [-0.05, 0) is 30.8 Å². The first-order chi connectivity index (χ1) is 18.1. The van der Waals surface area contributed by atoms with E-state index in [1.807, 2.05) is 0 Å². The SMILES string of the molecule is CCN(CC(F)F)[C@H](CNC(=O)c1ccc(Cl)s1)C(=O)Nc1ccc(N2CCOCC2=O)cc1OC(F)F. The van der Waals surface area contributed by atoms with Crippen molar-refractivity contribution in [1.82, 2.24) is 10.2 Å². The minimum Gasteiger partial charge on any atom is -0.433 e. The number of halogens is 5. The Balaban J connectivity index is 1.83. The highest BCUT2D eigenvalue weighted by Crippen LogP contribution is 2.32. The average Bonchev–Trinajstić information content (AvgIpc) is 3.30. The van der Waals surface area contributed by atoms with Gasteiger partial charge in [0.05, 0.1) is 28.1 Å². The summed E-state index contributed by atoms with van der Waals surface area (Å²) in [5.74, 6) is -2.22. The Bertz CT molecular complexity index is 1140. The predicted octanol–water partition coefficient (Wildman–Crippen LogP) is 3.69. The normalized spacial score (nSPS) is 14.8. The smallest absolute Gasteiger partial charge is 0.387 e. The largest absolute Gasteiger partial charge is 0.433 e. The molecule has 0 spiro atoms. The van der Waals surface area contributed by atoms with Crippen LogP contribution in [-0.4, -0.2) is 81.1 Å². The molecule has 0 aliphatic carbocycles. The molecule has 1 aromatic heterocycles. The van der Waals surface area contributed by atoms with Crippen LogP contribution in [0.25, 0.3) is 0 Å². The first-order valence-corrected chi connectivity index (χ1v) is 12.6. The Hall–Kier alpha value is -2.94. The Labute approximate surface area is 224 Å². The van der Waals surface area contributed by atoms with Gasteiger partial charge in [0.25, 0.3) is 18.2 Å². The monoisotopic (exact) mass is 580 g/mol. The van der Waals surface area contributed by atoms with Crippen LogP contribution in [0, 0.1) is 0 Å². The lowest BCUT2D eigenvalue weighted by atomic mass is 10.1. The van der Waals surface area contributed by atoms with Gasteiger partial charge in [-0.25, -0.2) is 8.78 Å². The molecule has 0 saturated carbocycles. The summed E-state index contributed by atoms with van der Waals surface area (Å²) in [5, 5.41) is 4.96. The fraction of sp³-hybridized carbons (Fsp3) is 0.435. The number of thiophene rings is 1. The number of hydrogen-bond donors (Lipinski definition) is 2. The highest BCUT2D eigenvalue weighted by Gasteiger charge is 2.29. The Morgan fingerprint density at radius 2 is 2.00 bits per heavy atom. The van der Waals surface area contributed by atoms with Gasteiger partial charge in [-0.1, -0.05) is 18.5 Å². The molecule has 208 valence electrons. The van der Waals surface area contributed by atoms with Crippen LogP contribution in [0.5, 0.6) is 5.75 Å². The van der Waals surface area contributed by atoms with Gasteiger partial charge in [-0.15, -0.1) is 11.3 Å². The third-order valence-corrected chi connectivity index (χ3v) is 6.74. The predicted molar refractivity (Wildman–Crippen MR) is 134 cm³/mol. The second-order valence-electron chi connectivity index (χ2n) is 7.95. The minimum absolute atomic E-state index is 0.0294. The van der Waals surface area contributed by atoms with Gasteiger partial charge in [0.15, 0.2) is 5.75 Å². The zero-order valence-corrected chi connectivity index (χ0v) is 21.7. The maximum Gasteiger partial charge on any atom is 0.387 e. The summed E-state index contributed by atoms with van der Waals surface area (Å²) < 4.78 is 62.8. The Morgan fingerprint density at radius 3 is 2.61 bits per heavy atom. The third-order valence-electron chi connectivity index (χ3n) is 5.51. The number of amides is 3. The van der Waals surface area contributed by atoms with Crippen LogP contribution in [0.15, 0.2) is 30.3 Å². The number of carbonyl (C=O) groups is 3. The van der Waals surface area contributed by atoms with Crippen molar-refractivity contribution >= 4 is 52.0 Å². The van der Waals surface area contributed by atoms with Crippen LogP contribution in [0.4, 0.5) is 28.9 Å². The molecule has 1 aliphatic heterocycles. The summed E-state index contributed by atoms with van der Waals surface area (Å²) in [6, 6.07) is 5.56. The topological polar surface area (TPSA) is 100 Å². The van der Waals surface area contributed by atoms with Crippen LogP contribution in [0.3, 0.4) is 0 Å². The molecule has 2 N–H and O–H groups in total. The van der Waals surface area contributed by atoms with Crippen molar-refractivity contribution in [2.75, 3.05) is 49.6 Å². The maximum absolute atomic E-state index is 13.2. The number of hydrogen-bond acceptors (Lipinski definition) is 7. The molecule has 1 aliphatic rings. The van der Waals surface area contributed by atoms with Crippen molar-refractivity contribution in [2.24, 2.45) is 0 Å². The number of ether oxygens (including phenoxy) is 2. The third kappa shape index (κ3) is 8.03. The molecule has 1 fully saturated rings. The van der Waals surface area contributed by atoms with E-state index in [4.69, 9.17) is 16.3 Å². The van der Waals surface area contributed by atoms with E-state index in [1.54, 1.807) is 6.92 Å². The number of alkyl halides is 4. The molecule has 38 heavy (non-hydrogen) atoms. The van der Waals surface area contributed by atoms with Crippen LogP contribution in [0.2, 0.25) is 4.34 Å². The van der Waals surface area contributed by atoms with Gasteiger partial charge in [0, 0.05) is 24.8 Å². The number of carbonyl (C=O) groups excluding carboxylic acids is 3. The van der Waals surface area contributed by atoms with E-state index < -0.39 is 43.2 Å². The number of morpholine rings is 1. The molecule has 0 unspecified atom stereocenters. The van der Waals surface area contributed by atoms with Gasteiger partial charge in [-0.3, -0.25) is 19.3 Å². The molecular formula is C23H25ClF4N4O5S. The quantitative estimate of drug-likeness (QED) is 0.372. The summed E-state index contributed by atoms with van der Waals surface area (Å²) in [4.78, 5) is 40.6. The van der Waals surface area contributed by atoms with Gasteiger partial charge in [0.1, 0.15) is 12.6 Å². The number of rotatable bonds is 12. The van der Waals surface area contributed by atoms with Crippen LogP contribution >= 0.6 is 22.9 Å². The van der Waals surface area contributed by atoms with E-state index in [0.29, 0.717) is 4.34 Å². The lowest BCUT2D eigenvalue weighted by Gasteiger charge is -2.30. The van der Waals surface area contributed by atoms with Crippen LogP contribution in [-0.2, 0) is 14.3 Å². The highest BCUT2D eigenvalue weighted by molar-refractivity contribution is 7.18. The number of likely N-dealkylation sites (N-methyl/N-ethyl adjacent to an activating group) is 1. The van der Waals surface area contributed by atoms with E-state index in [1.165, 1.54) is 35.2 Å². The van der Waals surface area contributed by atoms with E-state index in [9.17, 15) is 31.9 Å². The molecule has 3 amide bonds. The molecule has 2 aromatic rings. The second-order valence-corrected chi connectivity index (χ2v) is 9.67. The zero-order valence-electron chi connectivity index (χ0n) is 20.1. The second kappa shape index (κ2) is 13.7. The van der Waals surface area contributed by atoms with E-state index >= 15 is 0 Å². The maximum atomic E-state index is 13.2. The molecular weight excluding hydrogens is 556 g/mol. The first-order valence-electron chi connectivity index (χ1n) is 11.4. The van der Waals surface area contributed by atoms with Crippen molar-refractivity contribution in [3.8, 4) is 5.75 Å². The van der Waals surface area contributed by atoms with Crippen molar-refractivity contribution in [2.45, 2.75) is 26.0 Å². The van der Waals surface area contributed by atoms with Gasteiger partial charge in [-0.2, -0.15) is 8.78 Å². The van der Waals surface area contributed by atoms with E-state index in [0.717, 1.165) is 16.2 Å². The van der Waals surface area contributed by atoms with E-state index in [2.05, 4.69) is 15.4 Å². The lowest BCUT2D eigenvalue weighted by Crippen LogP contribution is -2.52. The molecule has 1 saturated heterocycles. The Kier molecular flexibility index (Phi) is 10.7. The summed E-state index contributed by atoms with van der Waals surface area (Å²) in [7, 11) is 0. The molecule has 2 heterocycles. The highest BCUT2D eigenvalue weighted by atomic mass is 35.5. The van der Waals surface area contributed by atoms with Crippen molar-refractivity contribution in [3.05, 3.63) is 39.5 Å². The van der Waals surface area contributed by atoms with Gasteiger partial charge < -0.3 is 25.0 Å². The van der Waals surface area contributed by atoms with Gasteiger partial charge >= 0.3 is 6.61 Å². The standard InChI is InChI=1S/C23H25ClF4N4O5S/c1-2-31(11-19(25)26)15(10-29-22(35)17-5-6-18(24)38-17)21(34)30-14-4-3-13(9-16(14)37-23(27)28)32-7-8-36-12-20(32)33/h3-6,9,15,19,23H,2,7-8,10-12H2,1H3,(H,29,35)(H,30,34)/t15-/m1/s1. The number of nitrogens with zero attached hydrogens (tertiary/aromatic N) is 2. The summed E-state index contributed by atoms with van der Waals surface area (Å²) in [6.45, 7) is -2.53. The van der Waals surface area contributed by atoms with E-state index in [-0.39, 0.29) is 55.0 Å². The summed E-state index contributed by atoms with van der Waals surface area (Å²) in [5.41, 5.74) is 0.0764. The number of anilines is 2. The summed E-state index contributed by atoms with van der Waals surface area (Å²) >= 11 is 6.85.